The monoisotopic (exact) mass is 183 g/mol. The molecule has 0 spiro atoms. The first-order valence-electron chi connectivity index (χ1n) is 3.37. The van der Waals surface area contributed by atoms with Gasteiger partial charge in [0.1, 0.15) is 0 Å². The molecule has 1 aromatic heterocycles. The fourth-order valence-corrected chi connectivity index (χ4v) is 0.761. The Balaban J connectivity index is 0.00000121. The molecule has 0 aliphatic rings. The minimum Gasteiger partial charge on any atom is -0.326 e. The van der Waals surface area contributed by atoms with Gasteiger partial charge in [-0.1, -0.05) is 6.07 Å². The Labute approximate surface area is 77.6 Å². The molecule has 1 aromatic rings. The Morgan fingerprint density at radius 3 is 2.67 bits per heavy atom. The molecular weight excluding hydrogens is 174 g/mol. The Morgan fingerprint density at radius 2 is 2.25 bits per heavy atom. The average Bonchev–Trinajstić information content (AvgIpc) is 2.07. The summed E-state index contributed by atoms with van der Waals surface area (Å²) in [6, 6.07) is 5.74. The highest BCUT2D eigenvalue weighted by atomic mass is 35.5. The van der Waals surface area contributed by atoms with E-state index in [4.69, 9.17) is 11.0 Å². The van der Waals surface area contributed by atoms with Gasteiger partial charge < -0.3 is 5.73 Å². The maximum absolute atomic E-state index is 8.33. The van der Waals surface area contributed by atoms with Gasteiger partial charge in [0, 0.05) is 12.7 Å². The summed E-state index contributed by atoms with van der Waals surface area (Å²) >= 11 is 0. The van der Waals surface area contributed by atoms with E-state index in [1.807, 2.05) is 18.2 Å². The number of pyridine rings is 1. The summed E-state index contributed by atoms with van der Waals surface area (Å²) in [5.74, 6) is 0. The highest BCUT2D eigenvalue weighted by Gasteiger charge is 1.92. The number of nitrogens with two attached hydrogens (primary N) is 1. The molecular formula is C8H10ClN3. The van der Waals surface area contributed by atoms with Crippen LogP contribution in [-0.4, -0.2) is 4.98 Å². The van der Waals surface area contributed by atoms with E-state index >= 15 is 0 Å². The Bertz CT molecular complexity index is 263. The summed E-state index contributed by atoms with van der Waals surface area (Å²) in [6.07, 6.45) is 2.07. The van der Waals surface area contributed by atoms with Crippen molar-refractivity contribution < 1.29 is 0 Å². The smallest absolute Gasteiger partial charge is 0.0774 e. The van der Waals surface area contributed by atoms with Crippen LogP contribution in [0.25, 0.3) is 0 Å². The van der Waals surface area contributed by atoms with E-state index in [0.717, 1.165) is 11.3 Å². The third-order valence-corrected chi connectivity index (χ3v) is 1.38. The number of nitriles is 1. The van der Waals surface area contributed by atoms with E-state index in [2.05, 4.69) is 4.98 Å². The molecule has 0 aliphatic heterocycles. The lowest BCUT2D eigenvalue weighted by molar-refractivity contribution is 1.02. The van der Waals surface area contributed by atoms with Crippen molar-refractivity contribution in [2.75, 3.05) is 0 Å². The van der Waals surface area contributed by atoms with Crippen LogP contribution in [0.3, 0.4) is 0 Å². The first-order chi connectivity index (χ1) is 5.36. The summed E-state index contributed by atoms with van der Waals surface area (Å²) in [5.41, 5.74) is 7.16. The zero-order valence-electron chi connectivity index (χ0n) is 6.53. The maximum atomic E-state index is 8.33. The fourth-order valence-electron chi connectivity index (χ4n) is 0.761. The second-order valence-corrected chi connectivity index (χ2v) is 2.20. The van der Waals surface area contributed by atoms with Gasteiger partial charge in [0.15, 0.2) is 0 Å². The number of rotatable bonds is 2. The highest BCUT2D eigenvalue weighted by Crippen LogP contribution is 1.98. The van der Waals surface area contributed by atoms with Crippen molar-refractivity contribution in [3.05, 3.63) is 29.6 Å². The number of nitrogens with zero attached hydrogens (tertiary/aromatic N) is 2. The van der Waals surface area contributed by atoms with Gasteiger partial charge in [-0.15, -0.1) is 12.4 Å². The molecule has 0 amide bonds. The van der Waals surface area contributed by atoms with Gasteiger partial charge in [-0.3, -0.25) is 4.98 Å². The third kappa shape index (κ3) is 2.87. The van der Waals surface area contributed by atoms with E-state index in [-0.39, 0.29) is 12.4 Å². The zero-order valence-corrected chi connectivity index (χ0v) is 7.34. The molecule has 0 atom stereocenters. The number of hydrogen-bond donors (Lipinski definition) is 1. The van der Waals surface area contributed by atoms with Crippen molar-refractivity contribution in [3.8, 4) is 6.07 Å². The molecule has 0 bridgehead atoms. The van der Waals surface area contributed by atoms with E-state index in [0.29, 0.717) is 13.0 Å². The van der Waals surface area contributed by atoms with Gasteiger partial charge in [0.2, 0.25) is 0 Å². The molecule has 0 aromatic carbocycles. The molecule has 64 valence electrons. The van der Waals surface area contributed by atoms with Gasteiger partial charge in [-0.05, 0) is 11.6 Å². The van der Waals surface area contributed by atoms with Crippen LogP contribution in [-0.2, 0) is 13.0 Å². The summed E-state index contributed by atoms with van der Waals surface area (Å²) in [7, 11) is 0. The standard InChI is InChI=1S/C8H9N3.ClH/c9-4-3-8-2-1-7(5-10)6-11-8;/h1-2,6H,3,5,10H2;1H. The largest absolute Gasteiger partial charge is 0.326 e. The predicted octanol–water partition coefficient (Wildman–Crippen LogP) is 1.03. The molecule has 4 heteroatoms. The molecule has 1 heterocycles. The zero-order chi connectivity index (χ0) is 8.10. The van der Waals surface area contributed by atoms with E-state index < -0.39 is 0 Å². The first-order valence-corrected chi connectivity index (χ1v) is 3.37. The molecule has 1 rings (SSSR count). The summed E-state index contributed by atoms with van der Waals surface area (Å²) in [5, 5.41) is 8.33. The molecule has 0 fully saturated rings. The third-order valence-electron chi connectivity index (χ3n) is 1.38. The average molecular weight is 184 g/mol. The normalized spacial score (nSPS) is 8.33. The van der Waals surface area contributed by atoms with Crippen molar-refractivity contribution in [2.45, 2.75) is 13.0 Å². The van der Waals surface area contributed by atoms with Crippen molar-refractivity contribution in [2.24, 2.45) is 5.73 Å². The van der Waals surface area contributed by atoms with Crippen molar-refractivity contribution in [1.29, 1.82) is 5.26 Å². The minimum absolute atomic E-state index is 0. The highest BCUT2D eigenvalue weighted by molar-refractivity contribution is 5.85. The van der Waals surface area contributed by atoms with Crippen LogP contribution in [0.15, 0.2) is 18.3 Å². The van der Waals surface area contributed by atoms with Gasteiger partial charge in [-0.2, -0.15) is 5.26 Å². The van der Waals surface area contributed by atoms with E-state index in [9.17, 15) is 0 Å². The summed E-state index contributed by atoms with van der Waals surface area (Å²) < 4.78 is 0. The molecule has 2 N–H and O–H groups in total. The lowest BCUT2D eigenvalue weighted by atomic mass is 10.2. The molecule has 0 radical (unpaired) electrons. The summed E-state index contributed by atoms with van der Waals surface area (Å²) in [6.45, 7) is 0.500. The van der Waals surface area contributed by atoms with Crippen LogP contribution in [0, 0.1) is 11.3 Å². The van der Waals surface area contributed by atoms with Crippen LogP contribution < -0.4 is 5.73 Å². The van der Waals surface area contributed by atoms with Gasteiger partial charge >= 0.3 is 0 Å². The number of halogens is 1. The number of hydrogen-bond acceptors (Lipinski definition) is 3. The molecule has 3 nitrogen and oxygen atoms in total. The van der Waals surface area contributed by atoms with Gasteiger partial charge in [0.25, 0.3) is 0 Å². The van der Waals surface area contributed by atoms with Crippen LogP contribution in [0.5, 0.6) is 0 Å². The van der Waals surface area contributed by atoms with Crippen molar-refractivity contribution >= 4 is 12.4 Å². The SMILES string of the molecule is Cl.N#CCc1ccc(CN)cn1. The summed E-state index contributed by atoms with van der Waals surface area (Å²) in [4.78, 5) is 4.04. The Morgan fingerprint density at radius 1 is 1.50 bits per heavy atom. The minimum atomic E-state index is 0. The molecule has 0 unspecified atom stereocenters. The lowest BCUT2D eigenvalue weighted by Gasteiger charge is -1.95. The van der Waals surface area contributed by atoms with Crippen LogP contribution >= 0.6 is 12.4 Å². The maximum Gasteiger partial charge on any atom is 0.0774 e. The second-order valence-electron chi connectivity index (χ2n) is 2.20. The molecule has 0 aliphatic carbocycles. The topological polar surface area (TPSA) is 62.7 Å². The molecule has 0 saturated carbocycles. The molecule has 0 saturated heterocycles. The lowest BCUT2D eigenvalue weighted by Crippen LogP contribution is -1.97. The van der Waals surface area contributed by atoms with Gasteiger partial charge in [0.05, 0.1) is 18.2 Å². The second kappa shape index (κ2) is 5.53. The predicted molar refractivity (Wildman–Crippen MR) is 48.7 cm³/mol. The van der Waals surface area contributed by atoms with Crippen molar-refractivity contribution in [3.63, 3.8) is 0 Å². The van der Waals surface area contributed by atoms with Gasteiger partial charge in [-0.25, -0.2) is 0 Å². The quantitative estimate of drug-likeness (QED) is 0.745. The Kier molecular flexibility index (Phi) is 5.02. The molecule has 12 heavy (non-hydrogen) atoms. The van der Waals surface area contributed by atoms with Crippen LogP contribution in [0.4, 0.5) is 0 Å². The van der Waals surface area contributed by atoms with E-state index in [1.54, 1.807) is 6.20 Å². The van der Waals surface area contributed by atoms with Crippen molar-refractivity contribution in [1.82, 2.24) is 4.98 Å². The number of aromatic nitrogens is 1. The first kappa shape index (κ1) is 10.9. The Hall–Kier alpha value is -1.11. The fraction of sp³-hybridized carbons (Fsp3) is 0.250. The van der Waals surface area contributed by atoms with E-state index in [1.165, 1.54) is 0 Å². The van der Waals surface area contributed by atoms with Crippen LogP contribution in [0.2, 0.25) is 0 Å². The van der Waals surface area contributed by atoms with Crippen LogP contribution in [0.1, 0.15) is 11.3 Å².